The summed E-state index contributed by atoms with van der Waals surface area (Å²) in [6.45, 7) is 1.65. The summed E-state index contributed by atoms with van der Waals surface area (Å²) in [4.78, 5) is 12.2. The number of nitrogens with two attached hydrogens (primary N) is 1. The molecule has 0 amide bonds. The van der Waals surface area contributed by atoms with Crippen LogP contribution in [0.2, 0.25) is 0 Å². The molecule has 1 aromatic heterocycles. The van der Waals surface area contributed by atoms with E-state index in [1.165, 1.54) is 12.1 Å². The van der Waals surface area contributed by atoms with E-state index in [-0.39, 0.29) is 4.90 Å². The molecule has 1 unspecified atom stereocenters. The van der Waals surface area contributed by atoms with E-state index in [1.807, 2.05) is 35.7 Å². The molecule has 0 aliphatic heterocycles. The zero-order valence-electron chi connectivity index (χ0n) is 13.9. The average Bonchev–Trinajstić information content (AvgIpc) is 3.10. The van der Waals surface area contributed by atoms with Crippen molar-refractivity contribution < 1.29 is 18.3 Å². The summed E-state index contributed by atoms with van der Waals surface area (Å²) in [5, 5.41) is 16.2. The summed E-state index contributed by atoms with van der Waals surface area (Å²) >= 11 is 1.57. The molecule has 5 nitrogen and oxygen atoms in total. The van der Waals surface area contributed by atoms with Crippen molar-refractivity contribution in [3.63, 3.8) is 0 Å². The third-order valence-corrected chi connectivity index (χ3v) is 6.10. The molecule has 0 spiro atoms. The lowest BCUT2D eigenvalue weighted by molar-refractivity contribution is -0.138. The highest BCUT2D eigenvalue weighted by Gasteiger charge is 2.15. The van der Waals surface area contributed by atoms with E-state index in [9.17, 15) is 13.2 Å². The van der Waals surface area contributed by atoms with Crippen LogP contribution >= 0.6 is 11.3 Å². The van der Waals surface area contributed by atoms with Crippen LogP contribution in [-0.2, 0) is 14.8 Å². The molecule has 1 atom stereocenters. The molecule has 0 saturated heterocycles. The number of carboxylic acids is 1. The van der Waals surface area contributed by atoms with Gasteiger partial charge in [0.25, 0.3) is 0 Å². The van der Waals surface area contributed by atoms with E-state index in [2.05, 4.69) is 0 Å². The van der Waals surface area contributed by atoms with Crippen molar-refractivity contribution in [2.45, 2.75) is 17.7 Å². The molecule has 3 N–H and O–H groups in total. The van der Waals surface area contributed by atoms with Crippen molar-refractivity contribution in [1.29, 1.82) is 0 Å². The zero-order valence-corrected chi connectivity index (χ0v) is 15.5. The SMILES string of the molecule is CC(C(=O)O)c1ccc(-c2sccc2-c2ccc(S(N)(=O)=O)cc2)cc1. The summed E-state index contributed by atoms with van der Waals surface area (Å²) in [6, 6.07) is 15.9. The predicted octanol–water partition coefficient (Wildman–Crippen LogP) is 3.92. The van der Waals surface area contributed by atoms with E-state index in [1.54, 1.807) is 30.4 Å². The van der Waals surface area contributed by atoms with Crippen LogP contribution in [0, 0.1) is 0 Å². The molecule has 1 heterocycles. The van der Waals surface area contributed by atoms with Crippen molar-refractivity contribution >= 4 is 27.3 Å². The number of sulfonamides is 1. The molecule has 0 bridgehead atoms. The molecule has 2 aromatic carbocycles. The Kier molecular flexibility index (Phi) is 4.95. The summed E-state index contributed by atoms with van der Waals surface area (Å²) in [5.74, 6) is -1.41. The molecule has 0 saturated carbocycles. The normalized spacial score (nSPS) is 12.7. The fraction of sp³-hybridized carbons (Fsp3) is 0.105. The van der Waals surface area contributed by atoms with Crippen molar-refractivity contribution in [2.24, 2.45) is 5.14 Å². The van der Waals surface area contributed by atoms with Gasteiger partial charge in [-0.1, -0.05) is 36.4 Å². The lowest BCUT2D eigenvalue weighted by Crippen LogP contribution is -2.11. The van der Waals surface area contributed by atoms with Crippen molar-refractivity contribution in [2.75, 3.05) is 0 Å². The van der Waals surface area contributed by atoms with E-state index < -0.39 is 21.9 Å². The van der Waals surface area contributed by atoms with Crippen molar-refractivity contribution in [3.8, 4) is 21.6 Å². The van der Waals surface area contributed by atoms with Crippen molar-refractivity contribution in [3.05, 3.63) is 65.5 Å². The lowest BCUT2D eigenvalue weighted by Gasteiger charge is -2.09. The van der Waals surface area contributed by atoms with E-state index in [0.29, 0.717) is 0 Å². The molecular weight excluding hydrogens is 370 g/mol. The third kappa shape index (κ3) is 3.70. The minimum atomic E-state index is -3.72. The first-order valence-electron chi connectivity index (χ1n) is 7.81. The second-order valence-electron chi connectivity index (χ2n) is 5.91. The van der Waals surface area contributed by atoms with Gasteiger partial charge in [-0.2, -0.15) is 0 Å². The topological polar surface area (TPSA) is 97.5 Å². The molecule has 3 aromatic rings. The van der Waals surface area contributed by atoms with Crippen molar-refractivity contribution in [1.82, 2.24) is 0 Å². The van der Waals surface area contributed by atoms with Crippen LogP contribution in [0.4, 0.5) is 0 Å². The van der Waals surface area contributed by atoms with Crippen LogP contribution in [-0.4, -0.2) is 19.5 Å². The Bertz CT molecular complexity index is 1040. The summed E-state index contributed by atoms with van der Waals surface area (Å²) in [5.41, 5.74) is 3.59. The third-order valence-electron chi connectivity index (χ3n) is 4.20. The lowest BCUT2D eigenvalue weighted by atomic mass is 9.98. The van der Waals surface area contributed by atoms with Gasteiger partial charge in [0, 0.05) is 10.4 Å². The average molecular weight is 387 g/mol. The van der Waals surface area contributed by atoms with E-state index in [0.717, 1.165) is 27.1 Å². The van der Waals surface area contributed by atoms with Gasteiger partial charge in [-0.05, 0) is 47.2 Å². The quantitative estimate of drug-likeness (QED) is 0.693. The Morgan fingerprint density at radius 3 is 2.12 bits per heavy atom. The largest absolute Gasteiger partial charge is 0.481 e. The molecule has 0 radical (unpaired) electrons. The first kappa shape index (κ1) is 18.3. The Balaban J connectivity index is 1.95. The summed E-state index contributed by atoms with van der Waals surface area (Å²) < 4.78 is 22.8. The van der Waals surface area contributed by atoms with Gasteiger partial charge in [-0.15, -0.1) is 11.3 Å². The van der Waals surface area contributed by atoms with Crippen LogP contribution in [0.25, 0.3) is 21.6 Å². The van der Waals surface area contributed by atoms with Gasteiger partial charge in [-0.25, -0.2) is 13.6 Å². The highest BCUT2D eigenvalue weighted by atomic mass is 32.2. The second kappa shape index (κ2) is 7.03. The van der Waals surface area contributed by atoms with Crippen LogP contribution in [0.3, 0.4) is 0 Å². The fourth-order valence-electron chi connectivity index (χ4n) is 2.65. The number of aliphatic carboxylic acids is 1. The number of benzene rings is 2. The standard InChI is InChI=1S/C19H17NO4S2/c1-12(19(21)22)13-2-4-15(5-3-13)18-17(10-11-25-18)14-6-8-16(9-7-14)26(20,23)24/h2-12H,1H3,(H,21,22)(H2,20,23,24). The molecule has 26 heavy (non-hydrogen) atoms. The summed E-state index contributed by atoms with van der Waals surface area (Å²) in [6.07, 6.45) is 0. The van der Waals surface area contributed by atoms with Crippen LogP contribution in [0.1, 0.15) is 18.4 Å². The van der Waals surface area contributed by atoms with Crippen LogP contribution in [0.5, 0.6) is 0 Å². The summed E-state index contributed by atoms with van der Waals surface area (Å²) in [7, 11) is -3.72. The Labute approximate surface area is 155 Å². The van der Waals surface area contributed by atoms with Gasteiger partial charge in [-0.3, -0.25) is 4.79 Å². The van der Waals surface area contributed by atoms with E-state index in [4.69, 9.17) is 10.2 Å². The maximum atomic E-state index is 11.4. The molecular formula is C19H17NO4S2. The van der Waals surface area contributed by atoms with Gasteiger partial charge in [0.05, 0.1) is 10.8 Å². The maximum absolute atomic E-state index is 11.4. The minimum absolute atomic E-state index is 0.0741. The number of primary sulfonamides is 1. The van der Waals surface area contributed by atoms with Gasteiger partial charge < -0.3 is 5.11 Å². The predicted molar refractivity (Wildman–Crippen MR) is 103 cm³/mol. The smallest absolute Gasteiger partial charge is 0.310 e. The number of thiophene rings is 1. The maximum Gasteiger partial charge on any atom is 0.310 e. The molecule has 134 valence electrons. The van der Waals surface area contributed by atoms with Gasteiger partial charge in [0.2, 0.25) is 10.0 Å². The number of hydrogen-bond donors (Lipinski definition) is 2. The monoisotopic (exact) mass is 387 g/mol. The molecule has 0 aliphatic rings. The Hall–Kier alpha value is -2.48. The highest BCUT2D eigenvalue weighted by molar-refractivity contribution is 7.89. The van der Waals surface area contributed by atoms with Gasteiger partial charge >= 0.3 is 5.97 Å². The van der Waals surface area contributed by atoms with Gasteiger partial charge in [0.1, 0.15) is 0 Å². The van der Waals surface area contributed by atoms with Crippen LogP contribution in [0.15, 0.2) is 64.9 Å². The molecule has 7 heteroatoms. The molecule has 0 aliphatic carbocycles. The molecule has 0 fully saturated rings. The Morgan fingerprint density at radius 1 is 1.00 bits per heavy atom. The number of carboxylic acid groups (broad SMARTS) is 1. The van der Waals surface area contributed by atoms with E-state index >= 15 is 0 Å². The number of rotatable bonds is 5. The first-order chi connectivity index (χ1) is 12.3. The second-order valence-corrected chi connectivity index (χ2v) is 8.39. The zero-order chi connectivity index (χ0) is 18.9. The highest BCUT2D eigenvalue weighted by Crippen LogP contribution is 2.37. The number of carbonyl (C=O) groups is 1. The Morgan fingerprint density at radius 2 is 1.58 bits per heavy atom. The molecule has 3 rings (SSSR count). The van der Waals surface area contributed by atoms with Crippen LogP contribution < -0.4 is 5.14 Å². The minimum Gasteiger partial charge on any atom is -0.481 e. The first-order valence-corrected chi connectivity index (χ1v) is 10.2. The fourth-order valence-corrected chi connectivity index (χ4v) is 4.09. The van der Waals surface area contributed by atoms with Gasteiger partial charge in [0.15, 0.2) is 0 Å². The number of hydrogen-bond acceptors (Lipinski definition) is 4.